The molecule has 5 nitrogen and oxygen atoms in total. The van der Waals surface area contributed by atoms with E-state index in [1.165, 1.54) is 52.9 Å². The number of carbonyl (C=O) groups excluding carboxylic acids is 2. The van der Waals surface area contributed by atoms with E-state index in [2.05, 4.69) is 0 Å². The maximum absolute atomic E-state index is 14.0. The van der Waals surface area contributed by atoms with Crippen LogP contribution in [0.4, 0.5) is 18.9 Å². The summed E-state index contributed by atoms with van der Waals surface area (Å²) >= 11 is 1.31. The fourth-order valence-electron chi connectivity index (χ4n) is 4.48. The number of rotatable bonds is 4. The SMILES string of the molecule is COc1ccc2c(c1)C1(SCCN1C(=O)c1cccc(F)c1)C(=O)N2Cc1ccc(F)c(F)c1. The monoisotopic (exact) mass is 484 g/mol. The third-order valence-corrected chi connectivity index (χ3v) is 7.46. The molecule has 2 amide bonds. The van der Waals surface area contributed by atoms with Crippen LogP contribution in [0, 0.1) is 17.5 Å². The van der Waals surface area contributed by atoms with Crippen LogP contribution in [-0.2, 0) is 16.2 Å². The number of fused-ring (bicyclic) bond motifs is 2. The fraction of sp³-hybridized carbons (Fsp3) is 0.200. The van der Waals surface area contributed by atoms with Crippen molar-refractivity contribution in [2.24, 2.45) is 0 Å². The summed E-state index contributed by atoms with van der Waals surface area (Å²) in [5.74, 6) is -2.39. The van der Waals surface area contributed by atoms with Gasteiger partial charge >= 0.3 is 0 Å². The third kappa shape index (κ3) is 3.42. The van der Waals surface area contributed by atoms with Crippen LogP contribution in [0.2, 0.25) is 0 Å². The van der Waals surface area contributed by atoms with Crippen LogP contribution < -0.4 is 9.64 Å². The Labute approximate surface area is 198 Å². The van der Waals surface area contributed by atoms with Crippen LogP contribution in [0.1, 0.15) is 21.5 Å². The lowest BCUT2D eigenvalue weighted by Gasteiger charge is -2.33. The molecular weight excluding hydrogens is 465 g/mol. The largest absolute Gasteiger partial charge is 0.497 e. The second-order valence-electron chi connectivity index (χ2n) is 7.98. The van der Waals surface area contributed by atoms with Gasteiger partial charge in [0.15, 0.2) is 16.5 Å². The molecule has 0 radical (unpaired) electrons. The summed E-state index contributed by atoms with van der Waals surface area (Å²) < 4.78 is 46.5. The van der Waals surface area contributed by atoms with Crippen molar-refractivity contribution >= 4 is 29.3 Å². The zero-order chi connectivity index (χ0) is 24.0. The predicted molar refractivity (Wildman–Crippen MR) is 122 cm³/mol. The number of nitrogens with zero attached hydrogens (tertiary/aromatic N) is 2. The zero-order valence-electron chi connectivity index (χ0n) is 18.1. The molecule has 0 N–H and O–H groups in total. The highest BCUT2D eigenvalue weighted by molar-refractivity contribution is 8.01. The van der Waals surface area contributed by atoms with Gasteiger partial charge in [-0.05, 0) is 54.1 Å². The van der Waals surface area contributed by atoms with Gasteiger partial charge in [-0.2, -0.15) is 0 Å². The number of benzene rings is 3. The Kier molecular flexibility index (Phi) is 5.51. The average Bonchev–Trinajstić information content (AvgIpc) is 3.37. The molecule has 2 aliphatic rings. The van der Waals surface area contributed by atoms with Crippen LogP contribution >= 0.6 is 11.8 Å². The van der Waals surface area contributed by atoms with E-state index in [-0.39, 0.29) is 24.6 Å². The lowest BCUT2D eigenvalue weighted by molar-refractivity contribution is -0.123. The van der Waals surface area contributed by atoms with Crippen molar-refractivity contribution in [2.75, 3.05) is 24.3 Å². The van der Waals surface area contributed by atoms with Crippen LogP contribution in [0.3, 0.4) is 0 Å². The van der Waals surface area contributed by atoms with Gasteiger partial charge in [-0.1, -0.05) is 12.1 Å². The number of methoxy groups -OCH3 is 1. The second-order valence-corrected chi connectivity index (χ2v) is 9.27. The molecule has 1 atom stereocenters. The molecule has 1 spiro atoms. The van der Waals surface area contributed by atoms with E-state index >= 15 is 0 Å². The van der Waals surface area contributed by atoms with Crippen molar-refractivity contribution in [3.63, 3.8) is 0 Å². The van der Waals surface area contributed by atoms with Crippen molar-refractivity contribution in [3.05, 3.63) is 94.8 Å². The molecule has 1 saturated heterocycles. The Morgan fingerprint density at radius 2 is 1.88 bits per heavy atom. The van der Waals surface area contributed by atoms with Gasteiger partial charge in [-0.25, -0.2) is 13.2 Å². The molecule has 2 aliphatic heterocycles. The number of anilines is 1. The van der Waals surface area contributed by atoms with Crippen LogP contribution in [0.5, 0.6) is 5.75 Å². The summed E-state index contributed by atoms with van der Waals surface area (Å²) in [4.78, 5) is 29.0. The molecule has 5 rings (SSSR count). The highest BCUT2D eigenvalue weighted by Gasteiger charge is 2.59. The first-order valence-corrected chi connectivity index (χ1v) is 11.5. The molecule has 0 aromatic heterocycles. The number of thioether (sulfide) groups is 1. The van der Waals surface area contributed by atoms with Crippen LogP contribution in [0.15, 0.2) is 60.7 Å². The molecule has 0 saturated carbocycles. The Bertz CT molecular complexity index is 1320. The van der Waals surface area contributed by atoms with Crippen molar-refractivity contribution in [1.29, 1.82) is 0 Å². The maximum atomic E-state index is 14.0. The van der Waals surface area contributed by atoms with E-state index in [1.54, 1.807) is 18.2 Å². The maximum Gasteiger partial charge on any atom is 0.268 e. The second kappa shape index (κ2) is 8.39. The van der Waals surface area contributed by atoms with Gasteiger partial charge in [-0.3, -0.25) is 9.59 Å². The smallest absolute Gasteiger partial charge is 0.268 e. The molecule has 1 fully saturated rings. The lowest BCUT2D eigenvalue weighted by atomic mass is 10.0. The van der Waals surface area contributed by atoms with Gasteiger partial charge < -0.3 is 14.5 Å². The van der Waals surface area contributed by atoms with E-state index in [4.69, 9.17) is 4.74 Å². The molecule has 174 valence electrons. The molecule has 3 aromatic rings. The molecule has 34 heavy (non-hydrogen) atoms. The van der Waals surface area contributed by atoms with Gasteiger partial charge in [0.05, 0.1) is 19.3 Å². The van der Waals surface area contributed by atoms with Crippen LogP contribution in [0.25, 0.3) is 0 Å². The van der Waals surface area contributed by atoms with Crippen molar-refractivity contribution in [1.82, 2.24) is 4.90 Å². The molecule has 0 aliphatic carbocycles. The fourth-order valence-corrected chi connectivity index (χ4v) is 5.93. The number of halogens is 3. The Morgan fingerprint density at radius 3 is 2.62 bits per heavy atom. The van der Waals surface area contributed by atoms with E-state index < -0.39 is 28.2 Å². The molecule has 2 heterocycles. The van der Waals surface area contributed by atoms with Crippen molar-refractivity contribution in [2.45, 2.75) is 11.4 Å². The molecule has 1 unspecified atom stereocenters. The van der Waals surface area contributed by atoms with Crippen LogP contribution in [-0.4, -0.2) is 36.1 Å². The van der Waals surface area contributed by atoms with E-state index in [0.717, 1.165) is 18.2 Å². The standard InChI is InChI=1S/C25H19F3N2O3S/c1-33-18-6-8-22-19(13-18)25(24(32)29(22)14-15-5-7-20(27)21(28)11-15)30(9-10-34-25)23(31)16-3-2-4-17(26)12-16/h2-8,11-13H,9-10,14H2,1H3. The minimum absolute atomic E-state index is 0.0142. The number of ether oxygens (including phenoxy) is 1. The highest BCUT2D eigenvalue weighted by atomic mass is 32.2. The number of hydrogen-bond acceptors (Lipinski definition) is 4. The van der Waals surface area contributed by atoms with Gasteiger partial charge in [0.25, 0.3) is 11.8 Å². The van der Waals surface area contributed by atoms with Gasteiger partial charge in [0.2, 0.25) is 0 Å². The van der Waals surface area contributed by atoms with E-state index in [9.17, 15) is 22.8 Å². The normalized spacial score (nSPS) is 19.1. The zero-order valence-corrected chi connectivity index (χ0v) is 18.9. The van der Waals surface area contributed by atoms with E-state index in [1.807, 2.05) is 0 Å². The summed E-state index contributed by atoms with van der Waals surface area (Å²) in [6, 6.07) is 13.9. The number of carbonyl (C=O) groups is 2. The molecule has 3 aromatic carbocycles. The molecule has 9 heteroatoms. The average molecular weight is 484 g/mol. The first-order chi connectivity index (χ1) is 16.3. The summed E-state index contributed by atoms with van der Waals surface area (Å²) in [7, 11) is 1.50. The summed E-state index contributed by atoms with van der Waals surface area (Å²) in [6.07, 6.45) is 0. The molecule has 0 bridgehead atoms. The first-order valence-electron chi connectivity index (χ1n) is 10.5. The first kappa shape index (κ1) is 22.3. The van der Waals surface area contributed by atoms with Crippen molar-refractivity contribution < 1.29 is 27.5 Å². The van der Waals surface area contributed by atoms with Crippen molar-refractivity contribution in [3.8, 4) is 5.75 Å². The Hall–Kier alpha value is -3.46. The minimum Gasteiger partial charge on any atom is -0.497 e. The third-order valence-electron chi connectivity index (χ3n) is 6.04. The summed E-state index contributed by atoms with van der Waals surface area (Å²) in [5.41, 5.74) is 1.64. The minimum atomic E-state index is -1.38. The summed E-state index contributed by atoms with van der Waals surface area (Å²) in [6.45, 7) is 0.265. The number of hydrogen-bond donors (Lipinski definition) is 0. The highest BCUT2D eigenvalue weighted by Crippen LogP contribution is 2.55. The lowest BCUT2D eigenvalue weighted by Crippen LogP contribution is -2.50. The predicted octanol–water partition coefficient (Wildman–Crippen LogP) is 4.70. The molecular formula is C25H19F3N2O3S. The van der Waals surface area contributed by atoms with E-state index in [0.29, 0.717) is 28.3 Å². The Morgan fingerprint density at radius 1 is 1.06 bits per heavy atom. The van der Waals surface area contributed by atoms with Gasteiger partial charge in [0, 0.05) is 23.4 Å². The number of amides is 2. The quantitative estimate of drug-likeness (QED) is 0.539. The summed E-state index contributed by atoms with van der Waals surface area (Å²) in [5, 5.41) is 0. The topological polar surface area (TPSA) is 49.9 Å². The van der Waals surface area contributed by atoms with Gasteiger partial charge in [0.1, 0.15) is 11.6 Å². The van der Waals surface area contributed by atoms with Gasteiger partial charge in [-0.15, -0.1) is 11.8 Å². The Balaban J connectivity index is 1.61.